The van der Waals surface area contributed by atoms with E-state index in [1.807, 2.05) is 18.2 Å². The molecule has 0 spiro atoms. The number of amides is 1. The molecule has 1 aromatic carbocycles. The molecule has 12 nitrogen and oxygen atoms in total. The van der Waals surface area contributed by atoms with Gasteiger partial charge in [0, 0.05) is 19.2 Å². The van der Waals surface area contributed by atoms with E-state index in [1.54, 1.807) is 26.0 Å². The Bertz CT molecular complexity index is 1250. The molecule has 214 valence electrons. The summed E-state index contributed by atoms with van der Waals surface area (Å²) in [6.45, 7) is 5.34. The van der Waals surface area contributed by atoms with Crippen LogP contribution in [-0.2, 0) is 39.8 Å². The lowest BCUT2D eigenvalue weighted by atomic mass is 9.91. The van der Waals surface area contributed by atoms with Crippen LogP contribution in [0, 0.1) is 11.8 Å². The van der Waals surface area contributed by atoms with Crippen molar-refractivity contribution >= 4 is 29.8 Å². The number of nitrogens with zero attached hydrogens (tertiary/aromatic N) is 1. The van der Waals surface area contributed by atoms with E-state index in [4.69, 9.17) is 23.7 Å². The summed E-state index contributed by atoms with van der Waals surface area (Å²) in [4.78, 5) is 67.7. The molecule has 4 atom stereocenters. The summed E-state index contributed by atoms with van der Waals surface area (Å²) in [5.41, 5.74) is 0.437. The van der Waals surface area contributed by atoms with Crippen LogP contribution < -0.4 is 14.8 Å². The zero-order valence-corrected chi connectivity index (χ0v) is 22.9. The number of pyridine rings is 1. The van der Waals surface area contributed by atoms with Crippen molar-refractivity contribution in [3.8, 4) is 11.5 Å². The normalized spacial score (nSPS) is 21.1. The number of hydrogen-bond donors (Lipinski definition) is 1. The van der Waals surface area contributed by atoms with Gasteiger partial charge in [0.15, 0.2) is 23.6 Å². The fourth-order valence-corrected chi connectivity index (χ4v) is 3.97. The number of cyclic esters (lactones) is 2. The molecule has 40 heavy (non-hydrogen) atoms. The molecule has 2 aromatic rings. The van der Waals surface area contributed by atoms with Crippen LogP contribution in [0.25, 0.3) is 0 Å². The van der Waals surface area contributed by atoms with E-state index in [0.29, 0.717) is 0 Å². The smallest absolute Gasteiger partial charge is 0.332 e. The first-order chi connectivity index (χ1) is 19.0. The van der Waals surface area contributed by atoms with Crippen molar-refractivity contribution in [2.45, 2.75) is 52.4 Å². The molecule has 12 heteroatoms. The van der Waals surface area contributed by atoms with Crippen LogP contribution in [0.3, 0.4) is 0 Å². The van der Waals surface area contributed by atoms with Crippen LogP contribution in [-0.4, -0.2) is 66.7 Å². The quantitative estimate of drug-likeness (QED) is 0.375. The maximum Gasteiger partial charge on any atom is 0.332 e. The summed E-state index contributed by atoms with van der Waals surface area (Å²) in [6.07, 6.45) is -0.822. The SMILES string of the molecule is COc1ccnc(C(=O)N[C@H]2COC(=O)C(Cc3ccccc3)[C@@H](OC(=O)C(C)C)C(C)OC2=O)c1OC(C)=O. The molecule has 1 aliphatic rings. The predicted octanol–water partition coefficient (Wildman–Crippen LogP) is 2.03. The van der Waals surface area contributed by atoms with E-state index in [2.05, 4.69) is 10.3 Å². The Hall–Kier alpha value is -4.48. The number of esters is 4. The number of nitrogens with one attached hydrogen (secondary N) is 1. The third-order valence-corrected chi connectivity index (χ3v) is 6.02. The Labute approximate surface area is 231 Å². The second-order valence-corrected chi connectivity index (χ2v) is 9.44. The highest BCUT2D eigenvalue weighted by Gasteiger charge is 2.42. The van der Waals surface area contributed by atoms with Crippen LogP contribution in [0.1, 0.15) is 43.7 Å². The molecule has 0 radical (unpaired) electrons. The highest BCUT2D eigenvalue weighted by Crippen LogP contribution is 2.30. The third kappa shape index (κ3) is 7.55. The van der Waals surface area contributed by atoms with Gasteiger partial charge in [0.25, 0.3) is 5.91 Å². The van der Waals surface area contributed by atoms with Crippen molar-refractivity contribution in [1.29, 1.82) is 0 Å². The molecule has 2 unspecified atom stereocenters. The van der Waals surface area contributed by atoms with Gasteiger partial charge in [-0.3, -0.25) is 19.2 Å². The van der Waals surface area contributed by atoms with Gasteiger partial charge in [-0.15, -0.1) is 0 Å². The molecular weight excluding hydrogens is 524 g/mol. The minimum atomic E-state index is -1.45. The zero-order valence-electron chi connectivity index (χ0n) is 22.9. The maximum absolute atomic E-state index is 13.3. The number of carbonyl (C=O) groups is 5. The average Bonchev–Trinajstić information content (AvgIpc) is 2.95. The fraction of sp³-hybridized carbons (Fsp3) is 0.429. The Balaban J connectivity index is 1.90. The van der Waals surface area contributed by atoms with Crippen molar-refractivity contribution in [2.24, 2.45) is 11.8 Å². The summed E-state index contributed by atoms with van der Waals surface area (Å²) in [7, 11) is 1.31. The molecule has 3 rings (SSSR count). The molecule has 0 bridgehead atoms. The maximum atomic E-state index is 13.3. The van der Waals surface area contributed by atoms with Gasteiger partial charge >= 0.3 is 23.9 Å². The number of benzene rings is 1. The van der Waals surface area contributed by atoms with Crippen LogP contribution >= 0.6 is 0 Å². The van der Waals surface area contributed by atoms with Gasteiger partial charge in [0.05, 0.1) is 13.0 Å². The second kappa shape index (κ2) is 13.5. The van der Waals surface area contributed by atoms with E-state index < -0.39 is 66.5 Å². The average molecular weight is 557 g/mol. The molecule has 1 saturated heterocycles. The van der Waals surface area contributed by atoms with Gasteiger partial charge in [-0.05, 0) is 18.9 Å². The second-order valence-electron chi connectivity index (χ2n) is 9.44. The lowest BCUT2D eigenvalue weighted by molar-refractivity contribution is -0.176. The van der Waals surface area contributed by atoms with E-state index in [-0.39, 0.29) is 23.6 Å². The number of methoxy groups -OCH3 is 1. The van der Waals surface area contributed by atoms with Crippen molar-refractivity contribution in [1.82, 2.24) is 10.3 Å². The zero-order chi connectivity index (χ0) is 29.4. The van der Waals surface area contributed by atoms with Crippen LogP contribution in [0.4, 0.5) is 0 Å². The van der Waals surface area contributed by atoms with Crippen molar-refractivity contribution in [3.05, 3.63) is 53.9 Å². The molecule has 1 amide bonds. The minimum Gasteiger partial charge on any atom is -0.493 e. The first-order valence-corrected chi connectivity index (χ1v) is 12.7. The Kier molecular flexibility index (Phi) is 10.2. The summed E-state index contributed by atoms with van der Waals surface area (Å²) in [5, 5.41) is 2.42. The molecule has 1 fully saturated rings. The number of carbonyl (C=O) groups excluding carboxylic acids is 5. The van der Waals surface area contributed by atoms with E-state index in [1.165, 1.54) is 26.3 Å². The van der Waals surface area contributed by atoms with Gasteiger partial charge in [-0.2, -0.15) is 0 Å². The topological polar surface area (TPSA) is 156 Å². The Morgan fingerprint density at radius 3 is 2.42 bits per heavy atom. The van der Waals surface area contributed by atoms with E-state index in [9.17, 15) is 24.0 Å². The highest BCUT2D eigenvalue weighted by atomic mass is 16.6. The van der Waals surface area contributed by atoms with E-state index >= 15 is 0 Å². The molecule has 0 saturated carbocycles. The molecule has 1 aliphatic heterocycles. The first kappa shape index (κ1) is 30.1. The first-order valence-electron chi connectivity index (χ1n) is 12.7. The number of aromatic nitrogens is 1. The Morgan fingerprint density at radius 1 is 1.10 bits per heavy atom. The lowest BCUT2D eigenvalue weighted by Gasteiger charge is -2.29. The van der Waals surface area contributed by atoms with Crippen molar-refractivity contribution in [3.63, 3.8) is 0 Å². The minimum absolute atomic E-state index is 0.0611. The van der Waals surface area contributed by atoms with Gasteiger partial charge in [-0.1, -0.05) is 44.2 Å². The standard InChI is InChI=1S/C28H32N2O10/c1-15(2)26(33)40-23-16(3)38-28(35)20(14-37-27(34)19(23)13-18-9-7-6-8-10-18)30-25(32)22-24(39-17(4)31)21(36-5)11-12-29-22/h6-12,15-16,19-20,23H,13-14H2,1-5H3,(H,30,32)/t16?,19?,20-,23-/m0/s1. The van der Waals surface area contributed by atoms with Crippen LogP contribution in [0.15, 0.2) is 42.6 Å². The monoisotopic (exact) mass is 556 g/mol. The van der Waals surface area contributed by atoms with Gasteiger partial charge < -0.3 is 29.0 Å². The van der Waals surface area contributed by atoms with Crippen molar-refractivity contribution in [2.75, 3.05) is 13.7 Å². The molecule has 0 aliphatic carbocycles. The molecule has 2 heterocycles. The lowest BCUT2D eigenvalue weighted by Crippen LogP contribution is -2.47. The van der Waals surface area contributed by atoms with Crippen LogP contribution in [0.2, 0.25) is 0 Å². The van der Waals surface area contributed by atoms with Gasteiger partial charge in [0.1, 0.15) is 18.6 Å². The fourth-order valence-electron chi connectivity index (χ4n) is 3.97. The summed E-state index contributed by atoms with van der Waals surface area (Å²) in [5.74, 6) is -5.58. The molecule has 1 aromatic heterocycles. The molecule has 1 N–H and O–H groups in total. The van der Waals surface area contributed by atoms with E-state index in [0.717, 1.165) is 12.5 Å². The third-order valence-electron chi connectivity index (χ3n) is 6.02. The summed E-state index contributed by atoms with van der Waals surface area (Å²) >= 11 is 0. The molecular formula is C28H32N2O10. The number of hydrogen-bond acceptors (Lipinski definition) is 11. The largest absolute Gasteiger partial charge is 0.493 e. The van der Waals surface area contributed by atoms with Gasteiger partial charge in [0.2, 0.25) is 5.75 Å². The number of ether oxygens (including phenoxy) is 5. The Morgan fingerprint density at radius 2 is 1.80 bits per heavy atom. The highest BCUT2D eigenvalue weighted by molar-refractivity contribution is 5.98. The van der Waals surface area contributed by atoms with Crippen LogP contribution in [0.5, 0.6) is 11.5 Å². The summed E-state index contributed by atoms with van der Waals surface area (Å²) in [6, 6.07) is 8.98. The predicted molar refractivity (Wildman–Crippen MR) is 138 cm³/mol. The van der Waals surface area contributed by atoms with Gasteiger partial charge in [-0.25, -0.2) is 9.78 Å². The summed E-state index contributed by atoms with van der Waals surface area (Å²) < 4.78 is 26.9. The van der Waals surface area contributed by atoms with Crippen molar-refractivity contribution < 1.29 is 47.7 Å². The number of rotatable bonds is 8.